The van der Waals surface area contributed by atoms with Gasteiger partial charge in [0.2, 0.25) is 5.91 Å². The van der Waals surface area contributed by atoms with Crippen molar-refractivity contribution in [3.63, 3.8) is 0 Å². The van der Waals surface area contributed by atoms with Crippen molar-refractivity contribution < 1.29 is 14.4 Å². The summed E-state index contributed by atoms with van der Waals surface area (Å²) in [7, 11) is 0. The van der Waals surface area contributed by atoms with Crippen LogP contribution in [-0.2, 0) is 28.0 Å². The van der Waals surface area contributed by atoms with Gasteiger partial charge in [-0.2, -0.15) is 0 Å². The number of aryl methyl sites for hydroxylation is 2. The fourth-order valence-electron chi connectivity index (χ4n) is 4.30. The number of nitrogens with one attached hydrogen (secondary N) is 1. The second-order valence-electron chi connectivity index (χ2n) is 7.74. The Morgan fingerprint density at radius 1 is 1.10 bits per heavy atom. The zero-order chi connectivity index (χ0) is 20.6. The van der Waals surface area contributed by atoms with E-state index in [4.69, 9.17) is 0 Å². The number of carbonyl (C=O) groups is 3. The predicted octanol–water partition coefficient (Wildman–Crippen LogP) is 3.00. The number of nitrogens with zero attached hydrogens (tertiary/aromatic N) is 2. The molecule has 1 atom stereocenters. The summed E-state index contributed by atoms with van der Waals surface area (Å²) in [6.07, 6.45) is 2.62. The third-order valence-corrected chi connectivity index (χ3v) is 5.90. The van der Waals surface area contributed by atoms with Crippen LogP contribution in [0, 0.1) is 0 Å². The highest BCUT2D eigenvalue weighted by Crippen LogP contribution is 2.33. The van der Waals surface area contributed by atoms with Gasteiger partial charge in [-0.05, 0) is 42.9 Å². The van der Waals surface area contributed by atoms with Crippen LogP contribution < -0.4 is 10.2 Å². The van der Waals surface area contributed by atoms with E-state index in [0.29, 0.717) is 12.1 Å². The minimum absolute atomic E-state index is 0.229. The number of urea groups is 1. The lowest BCUT2D eigenvalue weighted by molar-refractivity contribution is -0.134. The molecule has 0 saturated carbocycles. The van der Waals surface area contributed by atoms with Gasteiger partial charge in [0.15, 0.2) is 0 Å². The second-order valence-corrected chi connectivity index (χ2v) is 7.74. The fraction of sp³-hybridized carbons (Fsp3) is 0.348. The van der Waals surface area contributed by atoms with Gasteiger partial charge in [0, 0.05) is 6.54 Å². The Labute approximate surface area is 170 Å². The number of carbonyl (C=O) groups excluding carboxylic acids is 3. The van der Waals surface area contributed by atoms with Gasteiger partial charge in [-0.3, -0.25) is 14.5 Å². The van der Waals surface area contributed by atoms with Crippen LogP contribution in [0.2, 0.25) is 0 Å². The lowest BCUT2D eigenvalue weighted by Gasteiger charge is -2.32. The van der Waals surface area contributed by atoms with Crippen LogP contribution >= 0.6 is 0 Å². The maximum absolute atomic E-state index is 13.2. The summed E-state index contributed by atoms with van der Waals surface area (Å²) in [4.78, 5) is 41.6. The first kappa shape index (κ1) is 19.2. The Balaban J connectivity index is 1.59. The van der Waals surface area contributed by atoms with Crippen molar-refractivity contribution in [2.24, 2.45) is 0 Å². The molecular weight excluding hydrogens is 366 g/mol. The fourth-order valence-corrected chi connectivity index (χ4v) is 4.30. The lowest BCUT2D eigenvalue weighted by atomic mass is 9.92. The zero-order valence-electron chi connectivity index (χ0n) is 16.8. The third kappa shape index (κ3) is 3.18. The summed E-state index contributed by atoms with van der Waals surface area (Å²) in [6, 6.07) is 14.7. The van der Waals surface area contributed by atoms with E-state index < -0.39 is 17.5 Å². The third-order valence-electron chi connectivity index (χ3n) is 5.90. The summed E-state index contributed by atoms with van der Waals surface area (Å²) in [5.74, 6) is -0.629. The number of imide groups is 1. The molecule has 1 unspecified atom stereocenters. The Bertz CT molecular complexity index is 958. The van der Waals surface area contributed by atoms with Gasteiger partial charge in [0.25, 0.3) is 5.91 Å². The van der Waals surface area contributed by atoms with Gasteiger partial charge < -0.3 is 10.2 Å². The standard InChI is InChI=1S/C23H25N3O3/c1-3-16-9-7-10-17-11-8-14-25(20(16)17)19(27)15-26-21(28)23(2,24-22(26)29)18-12-5-4-6-13-18/h4-7,9-10,12-13H,3,8,11,14-15H2,1-2H3,(H,24,29). The van der Waals surface area contributed by atoms with E-state index in [-0.39, 0.29) is 12.5 Å². The van der Waals surface area contributed by atoms with Crippen molar-refractivity contribution >= 4 is 23.5 Å². The molecule has 0 bridgehead atoms. The molecule has 4 rings (SSSR count). The van der Waals surface area contributed by atoms with Crippen LogP contribution in [0.5, 0.6) is 0 Å². The number of rotatable bonds is 4. The summed E-state index contributed by atoms with van der Waals surface area (Å²) < 4.78 is 0. The van der Waals surface area contributed by atoms with Gasteiger partial charge in [-0.15, -0.1) is 0 Å². The smallest absolute Gasteiger partial charge is 0.319 e. The molecule has 0 radical (unpaired) electrons. The normalized spacial score (nSPS) is 21.2. The van der Waals surface area contributed by atoms with Crippen LogP contribution in [0.1, 0.15) is 37.0 Å². The van der Waals surface area contributed by atoms with E-state index in [0.717, 1.165) is 41.0 Å². The monoisotopic (exact) mass is 391 g/mol. The van der Waals surface area contributed by atoms with Crippen LogP contribution in [0.25, 0.3) is 0 Å². The van der Waals surface area contributed by atoms with Crippen LogP contribution in [0.15, 0.2) is 48.5 Å². The second kappa shape index (κ2) is 7.35. The van der Waals surface area contributed by atoms with E-state index in [1.807, 2.05) is 36.4 Å². The average Bonchev–Trinajstić information content (AvgIpc) is 2.97. The van der Waals surface area contributed by atoms with Crippen molar-refractivity contribution in [3.05, 3.63) is 65.2 Å². The van der Waals surface area contributed by atoms with E-state index >= 15 is 0 Å². The molecule has 0 aromatic heterocycles. The van der Waals surface area contributed by atoms with Gasteiger partial charge in [0.05, 0.1) is 5.69 Å². The number of hydrogen-bond donors (Lipinski definition) is 1. The number of hydrogen-bond acceptors (Lipinski definition) is 3. The van der Waals surface area contributed by atoms with E-state index in [1.165, 1.54) is 0 Å². The van der Waals surface area contributed by atoms with Gasteiger partial charge in [-0.1, -0.05) is 55.5 Å². The molecular formula is C23H25N3O3. The minimum atomic E-state index is -1.16. The maximum Gasteiger partial charge on any atom is 0.325 e. The average molecular weight is 391 g/mol. The largest absolute Gasteiger partial charge is 0.325 e. The number of amides is 4. The van der Waals surface area contributed by atoms with Crippen LogP contribution in [-0.4, -0.2) is 35.8 Å². The zero-order valence-corrected chi connectivity index (χ0v) is 16.8. The van der Waals surface area contributed by atoms with Gasteiger partial charge in [-0.25, -0.2) is 4.79 Å². The number of fused-ring (bicyclic) bond motifs is 1. The summed E-state index contributed by atoms with van der Waals surface area (Å²) >= 11 is 0. The molecule has 2 aliphatic heterocycles. The Kier molecular flexibility index (Phi) is 4.86. The Morgan fingerprint density at radius 2 is 1.86 bits per heavy atom. The first-order valence-electron chi connectivity index (χ1n) is 10.1. The highest BCUT2D eigenvalue weighted by molar-refractivity contribution is 6.10. The summed E-state index contributed by atoms with van der Waals surface area (Å²) in [5.41, 5.74) is 2.75. The van der Waals surface area contributed by atoms with Crippen molar-refractivity contribution in [3.8, 4) is 0 Å². The number of benzene rings is 2. The highest BCUT2D eigenvalue weighted by atomic mass is 16.2. The first-order valence-corrected chi connectivity index (χ1v) is 10.1. The van der Waals surface area contributed by atoms with Crippen molar-refractivity contribution in [1.29, 1.82) is 0 Å². The van der Waals surface area contributed by atoms with E-state index in [9.17, 15) is 14.4 Å². The quantitative estimate of drug-likeness (QED) is 0.815. The van der Waals surface area contributed by atoms with Crippen molar-refractivity contribution in [1.82, 2.24) is 10.2 Å². The molecule has 6 nitrogen and oxygen atoms in total. The number of para-hydroxylation sites is 1. The highest BCUT2D eigenvalue weighted by Gasteiger charge is 2.49. The molecule has 0 aliphatic carbocycles. The van der Waals surface area contributed by atoms with Crippen LogP contribution in [0.3, 0.4) is 0 Å². The molecule has 2 aromatic carbocycles. The Morgan fingerprint density at radius 3 is 2.59 bits per heavy atom. The van der Waals surface area contributed by atoms with Crippen molar-refractivity contribution in [2.75, 3.05) is 18.0 Å². The molecule has 1 N–H and O–H groups in total. The molecule has 2 aromatic rings. The molecule has 2 aliphatic rings. The molecule has 2 heterocycles. The molecule has 150 valence electrons. The van der Waals surface area contributed by atoms with E-state index in [2.05, 4.69) is 12.2 Å². The molecule has 29 heavy (non-hydrogen) atoms. The van der Waals surface area contributed by atoms with Crippen LogP contribution in [0.4, 0.5) is 10.5 Å². The summed E-state index contributed by atoms with van der Waals surface area (Å²) in [6.45, 7) is 4.08. The summed E-state index contributed by atoms with van der Waals surface area (Å²) in [5, 5.41) is 2.76. The topological polar surface area (TPSA) is 69.7 Å². The first-order chi connectivity index (χ1) is 14.0. The number of anilines is 1. The maximum atomic E-state index is 13.2. The molecule has 1 saturated heterocycles. The van der Waals surface area contributed by atoms with Crippen molar-refractivity contribution in [2.45, 2.75) is 38.6 Å². The molecule has 0 spiro atoms. The lowest BCUT2D eigenvalue weighted by Crippen LogP contribution is -2.46. The van der Waals surface area contributed by atoms with Gasteiger partial charge >= 0.3 is 6.03 Å². The Hall–Kier alpha value is -3.15. The molecule has 6 heteroatoms. The van der Waals surface area contributed by atoms with E-state index in [1.54, 1.807) is 24.0 Å². The SMILES string of the molecule is CCc1cccc2c1N(C(=O)CN1C(=O)NC(C)(c3ccccc3)C1=O)CCC2. The molecule has 4 amide bonds. The van der Waals surface area contributed by atoms with Gasteiger partial charge in [0.1, 0.15) is 12.1 Å². The minimum Gasteiger partial charge on any atom is -0.319 e. The predicted molar refractivity (Wildman–Crippen MR) is 111 cm³/mol. The molecule has 1 fully saturated rings.